The normalized spacial score (nSPS) is 13.6. The number of hydrogen-bond donors (Lipinski definition) is 1. The topological polar surface area (TPSA) is 60.4 Å². The first kappa shape index (κ1) is 9.43. The van der Waals surface area contributed by atoms with Crippen LogP contribution in [0, 0.1) is 11.8 Å². The minimum atomic E-state index is -1.07. The molecule has 0 saturated carbocycles. The van der Waals surface area contributed by atoms with Gasteiger partial charge in [0.2, 0.25) is 0 Å². The maximum atomic E-state index is 10.3. The Hall–Kier alpha value is -0.570. The van der Waals surface area contributed by atoms with Crippen molar-refractivity contribution in [1.29, 1.82) is 0 Å². The molecule has 0 bridgehead atoms. The minimum Gasteiger partial charge on any atom is -0.550 e. The summed E-state index contributed by atoms with van der Waals surface area (Å²) in [5.74, 6) is -1.54. The first-order valence-electron chi connectivity index (χ1n) is 3.41. The van der Waals surface area contributed by atoms with Crippen molar-refractivity contribution in [3.8, 4) is 0 Å². The molecule has 60 valence electrons. The van der Waals surface area contributed by atoms with Gasteiger partial charge < -0.3 is 15.0 Å². The summed E-state index contributed by atoms with van der Waals surface area (Å²) in [6.45, 7) is 3.52. The second-order valence-electron chi connectivity index (χ2n) is 2.68. The highest BCUT2D eigenvalue weighted by Crippen LogP contribution is 2.12. The molecule has 0 aromatic carbocycles. The van der Waals surface area contributed by atoms with Crippen LogP contribution in [-0.4, -0.2) is 17.7 Å². The van der Waals surface area contributed by atoms with Gasteiger partial charge in [0.05, 0.1) is 0 Å². The molecule has 0 aliphatic carbocycles. The first-order chi connectivity index (χ1) is 4.59. The van der Waals surface area contributed by atoms with E-state index in [1.807, 2.05) is 0 Å². The van der Waals surface area contributed by atoms with Crippen molar-refractivity contribution in [1.82, 2.24) is 0 Å². The number of carbonyl (C=O) groups is 1. The predicted octanol–water partition coefficient (Wildman–Crippen LogP) is -0.609. The Labute approximate surface area is 60.7 Å². The van der Waals surface area contributed by atoms with E-state index in [9.17, 15) is 9.90 Å². The zero-order valence-corrected chi connectivity index (χ0v) is 6.33. The van der Waals surface area contributed by atoms with Crippen LogP contribution in [0.4, 0.5) is 0 Å². The molecule has 0 spiro atoms. The van der Waals surface area contributed by atoms with Crippen molar-refractivity contribution in [2.24, 2.45) is 11.8 Å². The van der Waals surface area contributed by atoms with Crippen molar-refractivity contribution in [2.45, 2.75) is 20.3 Å². The molecule has 10 heavy (non-hydrogen) atoms. The van der Waals surface area contributed by atoms with Crippen molar-refractivity contribution in [2.75, 3.05) is 6.61 Å². The van der Waals surface area contributed by atoms with Gasteiger partial charge in [-0.1, -0.05) is 13.8 Å². The summed E-state index contributed by atoms with van der Waals surface area (Å²) < 4.78 is 0. The van der Waals surface area contributed by atoms with Gasteiger partial charge in [0.25, 0.3) is 0 Å². The van der Waals surface area contributed by atoms with Crippen LogP contribution in [0.25, 0.3) is 0 Å². The van der Waals surface area contributed by atoms with Gasteiger partial charge in [-0.15, -0.1) is 0 Å². The van der Waals surface area contributed by atoms with Gasteiger partial charge in [-0.2, -0.15) is 0 Å². The Morgan fingerprint density at radius 2 is 2.10 bits per heavy atom. The van der Waals surface area contributed by atoms with Gasteiger partial charge in [-0.3, -0.25) is 0 Å². The molecule has 0 aliphatic rings. The number of hydrogen-bond acceptors (Lipinski definition) is 3. The fraction of sp³-hybridized carbons (Fsp3) is 0.857. The maximum Gasteiger partial charge on any atom is 0.0448 e. The average molecular weight is 145 g/mol. The number of rotatable bonds is 4. The number of carbonyl (C=O) groups excluding carboxylic acids is 1. The Kier molecular flexibility index (Phi) is 4.03. The molecule has 0 aromatic heterocycles. The van der Waals surface area contributed by atoms with Gasteiger partial charge in [-0.05, 0) is 12.3 Å². The molecule has 0 amide bonds. The molecule has 0 saturated heterocycles. The summed E-state index contributed by atoms with van der Waals surface area (Å²) in [5, 5.41) is 18.8. The number of aliphatic hydroxyl groups excluding tert-OH is 1. The molecule has 0 unspecified atom stereocenters. The van der Waals surface area contributed by atoms with Gasteiger partial charge >= 0.3 is 0 Å². The number of carboxylic acids is 1. The third-order valence-corrected chi connectivity index (χ3v) is 1.55. The second kappa shape index (κ2) is 4.28. The van der Waals surface area contributed by atoms with Gasteiger partial charge in [0.1, 0.15) is 0 Å². The maximum absolute atomic E-state index is 10.3. The number of aliphatic carboxylic acids is 1. The van der Waals surface area contributed by atoms with Crippen LogP contribution in [0.15, 0.2) is 0 Å². The lowest BCUT2D eigenvalue weighted by Crippen LogP contribution is -2.34. The molecule has 0 fully saturated rings. The molecule has 0 heterocycles. The summed E-state index contributed by atoms with van der Waals surface area (Å²) in [5.41, 5.74) is 0. The molecular weight excluding hydrogens is 132 g/mol. The fourth-order valence-electron chi connectivity index (χ4n) is 0.862. The lowest BCUT2D eigenvalue weighted by Gasteiger charge is -2.20. The molecule has 0 aromatic rings. The van der Waals surface area contributed by atoms with Gasteiger partial charge in [-0.25, -0.2) is 0 Å². The van der Waals surface area contributed by atoms with E-state index in [4.69, 9.17) is 5.11 Å². The highest BCUT2D eigenvalue weighted by Gasteiger charge is 2.12. The van der Waals surface area contributed by atoms with Crippen LogP contribution in [0.3, 0.4) is 0 Å². The van der Waals surface area contributed by atoms with Crippen LogP contribution >= 0.6 is 0 Å². The Balaban J connectivity index is 3.85. The van der Waals surface area contributed by atoms with E-state index in [1.54, 1.807) is 13.8 Å². The quantitative estimate of drug-likeness (QED) is 0.574. The molecule has 0 rings (SSSR count). The van der Waals surface area contributed by atoms with Crippen LogP contribution in [0.2, 0.25) is 0 Å². The number of aliphatic hydroxyl groups is 1. The molecule has 0 radical (unpaired) electrons. The molecule has 1 atom stereocenters. The predicted molar refractivity (Wildman–Crippen MR) is 35.0 cm³/mol. The van der Waals surface area contributed by atoms with Crippen LogP contribution in [-0.2, 0) is 4.79 Å². The molecule has 3 heteroatoms. The molecule has 1 N–H and O–H groups in total. The van der Waals surface area contributed by atoms with E-state index in [-0.39, 0.29) is 12.5 Å². The third-order valence-electron chi connectivity index (χ3n) is 1.55. The molecule has 3 nitrogen and oxygen atoms in total. The van der Waals surface area contributed by atoms with Crippen LogP contribution in [0.1, 0.15) is 20.3 Å². The monoisotopic (exact) mass is 145 g/mol. The third kappa shape index (κ3) is 2.82. The SMILES string of the molecule is CC(C)[C@H](CCO)C(=O)[O-]. The van der Waals surface area contributed by atoms with E-state index in [1.165, 1.54) is 0 Å². The van der Waals surface area contributed by atoms with E-state index in [0.717, 1.165) is 0 Å². The van der Waals surface area contributed by atoms with Gasteiger partial charge in [0.15, 0.2) is 0 Å². The van der Waals surface area contributed by atoms with Crippen LogP contribution < -0.4 is 5.11 Å². The van der Waals surface area contributed by atoms with Crippen molar-refractivity contribution < 1.29 is 15.0 Å². The average Bonchev–Trinajstić information content (AvgIpc) is 1.81. The smallest absolute Gasteiger partial charge is 0.0448 e. The van der Waals surface area contributed by atoms with Crippen molar-refractivity contribution in [3.63, 3.8) is 0 Å². The highest BCUT2D eigenvalue weighted by molar-refractivity contribution is 5.67. The Morgan fingerprint density at radius 1 is 1.60 bits per heavy atom. The Morgan fingerprint density at radius 3 is 2.20 bits per heavy atom. The van der Waals surface area contributed by atoms with Crippen molar-refractivity contribution in [3.05, 3.63) is 0 Å². The molecule has 0 aliphatic heterocycles. The minimum absolute atomic E-state index is 0.0390. The summed E-state index contributed by atoms with van der Waals surface area (Å²) in [6.07, 6.45) is 0.292. The lowest BCUT2D eigenvalue weighted by atomic mass is 9.93. The highest BCUT2D eigenvalue weighted by atomic mass is 16.4. The van der Waals surface area contributed by atoms with E-state index in [0.29, 0.717) is 6.42 Å². The lowest BCUT2D eigenvalue weighted by molar-refractivity contribution is -0.313. The van der Waals surface area contributed by atoms with E-state index < -0.39 is 11.9 Å². The summed E-state index contributed by atoms with van der Waals surface area (Å²) in [6, 6.07) is 0. The molecular formula is C7H13O3-. The van der Waals surface area contributed by atoms with Crippen molar-refractivity contribution >= 4 is 5.97 Å². The summed E-state index contributed by atoms with van der Waals surface area (Å²) in [4.78, 5) is 10.3. The second-order valence-corrected chi connectivity index (χ2v) is 2.68. The summed E-state index contributed by atoms with van der Waals surface area (Å²) in [7, 11) is 0. The standard InChI is InChI=1S/C7H14O3/c1-5(2)6(3-4-8)7(9)10/h5-6,8H,3-4H2,1-2H3,(H,9,10)/p-1/t6-/m0/s1. The van der Waals surface area contributed by atoms with E-state index >= 15 is 0 Å². The summed E-state index contributed by atoms with van der Waals surface area (Å²) >= 11 is 0. The largest absolute Gasteiger partial charge is 0.550 e. The zero-order chi connectivity index (χ0) is 8.15. The Bertz CT molecular complexity index is 109. The van der Waals surface area contributed by atoms with Gasteiger partial charge in [0, 0.05) is 18.5 Å². The van der Waals surface area contributed by atoms with E-state index in [2.05, 4.69) is 0 Å². The zero-order valence-electron chi connectivity index (χ0n) is 6.33. The number of carboxylic acid groups (broad SMARTS) is 1. The van der Waals surface area contributed by atoms with Crippen LogP contribution in [0.5, 0.6) is 0 Å². The first-order valence-corrected chi connectivity index (χ1v) is 3.41. The fourth-order valence-corrected chi connectivity index (χ4v) is 0.862.